The number of hydrogen-bond acceptors (Lipinski definition) is 4. The lowest BCUT2D eigenvalue weighted by Crippen LogP contribution is -2.19. The minimum Gasteiger partial charge on any atom is -0.378 e. The monoisotopic (exact) mass is 184 g/mol. The van der Waals surface area contributed by atoms with Crippen LogP contribution in [0.1, 0.15) is 25.7 Å². The third kappa shape index (κ3) is 4.03. The average molecular weight is 184 g/mol. The zero-order chi connectivity index (χ0) is 9.45. The van der Waals surface area contributed by atoms with Gasteiger partial charge in [-0.2, -0.15) is 10.5 Å². The van der Waals surface area contributed by atoms with Gasteiger partial charge in [-0.15, -0.1) is 0 Å². The summed E-state index contributed by atoms with van der Waals surface area (Å²) >= 11 is 0. The molecule has 0 unspecified atom stereocenters. The van der Waals surface area contributed by atoms with Crippen molar-refractivity contribution in [3.8, 4) is 12.1 Å². The van der Waals surface area contributed by atoms with Gasteiger partial charge in [-0.1, -0.05) is 0 Å². The van der Waals surface area contributed by atoms with E-state index in [4.69, 9.17) is 10.5 Å². The van der Waals surface area contributed by atoms with E-state index < -0.39 is 13.8 Å². The fourth-order valence-electron chi connectivity index (χ4n) is 0.728. The third-order valence-electron chi connectivity index (χ3n) is 1.44. The van der Waals surface area contributed by atoms with E-state index in [1.54, 1.807) is 0 Å². The van der Waals surface area contributed by atoms with Crippen molar-refractivity contribution in [2.24, 2.45) is 0 Å². The highest BCUT2D eigenvalue weighted by atomic mass is 31.1. The Morgan fingerprint density at radius 1 is 1.25 bits per heavy atom. The van der Waals surface area contributed by atoms with E-state index in [2.05, 4.69) is 0 Å². The highest BCUT2D eigenvalue weighted by Crippen LogP contribution is 2.30. The smallest absolute Gasteiger partial charge is 0.190 e. The van der Waals surface area contributed by atoms with Gasteiger partial charge in [-0.05, 0) is 0 Å². The molecule has 0 radical (unpaired) electrons. The Kier molecular flexibility index (Phi) is 5.21. The van der Waals surface area contributed by atoms with Crippen LogP contribution in [0.4, 0.5) is 0 Å². The molecule has 64 valence electrons. The van der Waals surface area contributed by atoms with E-state index >= 15 is 0 Å². The summed E-state index contributed by atoms with van der Waals surface area (Å²) in [4.78, 5) is 0. The molecular formula is C7H9N2O2P. The molecule has 0 heterocycles. The summed E-state index contributed by atoms with van der Waals surface area (Å²) in [7, 11) is -0.410. The quantitative estimate of drug-likeness (QED) is 0.657. The molecule has 4 nitrogen and oxygen atoms in total. The zero-order valence-electron chi connectivity index (χ0n) is 6.53. The van der Waals surface area contributed by atoms with Gasteiger partial charge in [-0.3, -0.25) is 4.57 Å². The normalized spacial score (nSPS) is 10.6. The maximum atomic E-state index is 10.5. The molecule has 1 N–H and O–H groups in total. The predicted octanol–water partition coefficient (Wildman–Crippen LogP) is 1.57. The van der Waals surface area contributed by atoms with Crippen LogP contribution in [-0.4, -0.2) is 10.4 Å². The molecule has 0 atom stereocenters. The summed E-state index contributed by atoms with van der Waals surface area (Å²) in [6.07, 6.45) is 0.598. The SMILES string of the molecule is N#CCCC(O)(CCC#N)P=O. The van der Waals surface area contributed by atoms with Crippen LogP contribution in [0.15, 0.2) is 0 Å². The standard InChI is InChI=1S/C7H9N2O2P/c8-5-1-3-7(10,12-11)4-2-6-9/h10H,1-4H2. The summed E-state index contributed by atoms with van der Waals surface area (Å²) in [5.74, 6) is 0. The van der Waals surface area contributed by atoms with E-state index in [0.29, 0.717) is 0 Å². The first-order valence-corrected chi connectivity index (χ1v) is 4.30. The Morgan fingerprint density at radius 2 is 1.67 bits per heavy atom. The molecule has 0 fully saturated rings. The molecule has 12 heavy (non-hydrogen) atoms. The molecule has 5 heteroatoms. The molecule has 0 aliphatic rings. The zero-order valence-corrected chi connectivity index (χ0v) is 7.42. The second-order valence-electron chi connectivity index (χ2n) is 2.39. The fraction of sp³-hybridized carbons (Fsp3) is 0.714. The molecular weight excluding hydrogens is 175 g/mol. The van der Waals surface area contributed by atoms with Crippen LogP contribution in [-0.2, 0) is 4.57 Å². The molecule has 0 amide bonds. The fourth-order valence-corrected chi connectivity index (χ4v) is 1.13. The number of hydrogen-bond donors (Lipinski definition) is 1. The summed E-state index contributed by atoms with van der Waals surface area (Å²) in [5, 5.41) is 24.5. The van der Waals surface area contributed by atoms with Gasteiger partial charge in [0.15, 0.2) is 8.46 Å². The van der Waals surface area contributed by atoms with Crippen LogP contribution in [0.2, 0.25) is 0 Å². The molecule has 0 aliphatic heterocycles. The second kappa shape index (κ2) is 5.66. The highest BCUT2D eigenvalue weighted by Gasteiger charge is 2.26. The van der Waals surface area contributed by atoms with E-state index in [1.807, 2.05) is 12.1 Å². The topological polar surface area (TPSA) is 84.9 Å². The third-order valence-corrected chi connectivity index (χ3v) is 2.23. The summed E-state index contributed by atoms with van der Waals surface area (Å²) in [6.45, 7) is 0. The predicted molar refractivity (Wildman–Crippen MR) is 42.3 cm³/mol. The maximum Gasteiger partial charge on any atom is 0.190 e. The average Bonchev–Trinajstić information content (AvgIpc) is 2.11. The lowest BCUT2D eigenvalue weighted by Gasteiger charge is -2.16. The maximum absolute atomic E-state index is 10.5. The molecule has 0 saturated carbocycles. The minimum absolute atomic E-state index is 0.149. The Labute approximate surface area is 72.6 Å². The van der Waals surface area contributed by atoms with Crippen molar-refractivity contribution in [2.75, 3.05) is 0 Å². The van der Waals surface area contributed by atoms with Gasteiger partial charge >= 0.3 is 0 Å². The Balaban J connectivity index is 3.99. The van der Waals surface area contributed by atoms with Crippen molar-refractivity contribution in [1.29, 1.82) is 10.5 Å². The highest BCUT2D eigenvalue weighted by molar-refractivity contribution is 7.25. The van der Waals surface area contributed by atoms with Gasteiger partial charge in [0.2, 0.25) is 0 Å². The molecule has 0 aromatic carbocycles. The number of nitriles is 2. The van der Waals surface area contributed by atoms with Crippen LogP contribution < -0.4 is 0 Å². The number of nitrogens with zero attached hydrogens (tertiary/aromatic N) is 2. The lowest BCUT2D eigenvalue weighted by molar-refractivity contribution is 0.114. The minimum atomic E-state index is -1.38. The van der Waals surface area contributed by atoms with Gasteiger partial charge in [0.05, 0.1) is 12.1 Å². The van der Waals surface area contributed by atoms with Crippen molar-refractivity contribution in [3.05, 3.63) is 0 Å². The first kappa shape index (κ1) is 11.0. The first-order valence-electron chi connectivity index (χ1n) is 3.49. The van der Waals surface area contributed by atoms with E-state index in [9.17, 15) is 9.67 Å². The van der Waals surface area contributed by atoms with Crippen LogP contribution in [0, 0.1) is 22.7 Å². The van der Waals surface area contributed by atoms with Crippen LogP contribution in [0.3, 0.4) is 0 Å². The van der Waals surface area contributed by atoms with Gasteiger partial charge in [0, 0.05) is 25.7 Å². The Hall–Kier alpha value is -0.960. The lowest BCUT2D eigenvalue weighted by atomic mass is 10.1. The van der Waals surface area contributed by atoms with Gasteiger partial charge in [-0.25, -0.2) is 0 Å². The summed E-state index contributed by atoms with van der Waals surface area (Å²) in [5.41, 5.74) is 0. The molecule has 0 rings (SSSR count). The van der Waals surface area contributed by atoms with E-state index in [1.165, 1.54) is 0 Å². The largest absolute Gasteiger partial charge is 0.378 e. The first-order chi connectivity index (χ1) is 5.68. The van der Waals surface area contributed by atoms with Crippen molar-refractivity contribution < 1.29 is 9.67 Å². The summed E-state index contributed by atoms with van der Waals surface area (Å²) in [6, 6.07) is 3.70. The van der Waals surface area contributed by atoms with E-state index in [-0.39, 0.29) is 25.7 Å². The molecule has 0 spiro atoms. The van der Waals surface area contributed by atoms with Crippen molar-refractivity contribution in [3.63, 3.8) is 0 Å². The van der Waals surface area contributed by atoms with Gasteiger partial charge in [0.1, 0.15) is 5.34 Å². The molecule has 0 aliphatic carbocycles. The van der Waals surface area contributed by atoms with Crippen LogP contribution >= 0.6 is 8.46 Å². The molecule has 0 saturated heterocycles. The molecule has 0 aromatic heterocycles. The van der Waals surface area contributed by atoms with Gasteiger partial charge < -0.3 is 5.11 Å². The Morgan fingerprint density at radius 3 is 1.92 bits per heavy atom. The van der Waals surface area contributed by atoms with E-state index in [0.717, 1.165) is 0 Å². The van der Waals surface area contributed by atoms with Gasteiger partial charge in [0.25, 0.3) is 0 Å². The van der Waals surface area contributed by atoms with Crippen molar-refractivity contribution in [2.45, 2.75) is 31.0 Å². The van der Waals surface area contributed by atoms with Crippen molar-refractivity contribution in [1.82, 2.24) is 0 Å². The van der Waals surface area contributed by atoms with Crippen LogP contribution in [0.5, 0.6) is 0 Å². The Bertz CT molecular complexity index is 211. The summed E-state index contributed by atoms with van der Waals surface area (Å²) < 4.78 is 10.5. The number of rotatable bonds is 5. The second-order valence-corrected chi connectivity index (χ2v) is 3.41. The molecule has 0 aromatic rings. The number of aliphatic hydroxyl groups is 1. The van der Waals surface area contributed by atoms with Crippen LogP contribution in [0.25, 0.3) is 0 Å². The molecule has 0 bridgehead atoms. The van der Waals surface area contributed by atoms with Crippen molar-refractivity contribution >= 4 is 8.46 Å².